The first-order valence-electron chi connectivity index (χ1n) is 6.79. The van der Waals surface area contributed by atoms with Gasteiger partial charge in [0.1, 0.15) is 24.7 Å². The van der Waals surface area contributed by atoms with Crippen LogP contribution in [-0.2, 0) is 13.2 Å². The quantitative estimate of drug-likeness (QED) is 0.742. The maximum absolute atomic E-state index is 9.07. The molecule has 112 valence electrons. The Balaban J connectivity index is 1.80. The zero-order valence-electron chi connectivity index (χ0n) is 11.7. The lowest BCUT2D eigenvalue weighted by molar-refractivity contribution is 0.229. The van der Waals surface area contributed by atoms with Gasteiger partial charge in [-0.05, 0) is 29.8 Å². The second-order valence-electron chi connectivity index (χ2n) is 4.75. The zero-order valence-corrected chi connectivity index (χ0v) is 13.3. The highest BCUT2D eigenvalue weighted by atomic mass is 79.9. The van der Waals surface area contributed by atoms with Gasteiger partial charge in [-0.1, -0.05) is 45.4 Å². The molecule has 0 atom stereocenters. The molecule has 0 aliphatic rings. The highest BCUT2D eigenvalue weighted by molar-refractivity contribution is 9.10. The molecule has 0 saturated carbocycles. The molecule has 3 rings (SSSR count). The van der Waals surface area contributed by atoms with E-state index in [0.29, 0.717) is 18.1 Å². The summed E-state index contributed by atoms with van der Waals surface area (Å²) in [5, 5.41) is 13.0. The Hall–Kier alpha value is -2.11. The number of aliphatic hydroxyl groups excluding tert-OH is 1. The van der Waals surface area contributed by atoms with Gasteiger partial charge in [0.25, 0.3) is 0 Å². The summed E-state index contributed by atoms with van der Waals surface area (Å²) in [7, 11) is 0. The zero-order chi connectivity index (χ0) is 15.4. The predicted molar refractivity (Wildman–Crippen MR) is 86.3 cm³/mol. The number of rotatable bonds is 5. The monoisotopic (exact) mass is 359 g/mol. The van der Waals surface area contributed by atoms with Crippen LogP contribution >= 0.6 is 15.9 Å². The third-order valence-corrected chi connectivity index (χ3v) is 3.71. The van der Waals surface area contributed by atoms with Gasteiger partial charge in [-0.15, -0.1) is 0 Å². The fraction of sp³-hybridized carbons (Fsp3) is 0.118. The summed E-state index contributed by atoms with van der Waals surface area (Å²) in [5.74, 6) is 1.15. The smallest absolute Gasteiger partial charge is 0.162 e. The third kappa shape index (κ3) is 3.37. The van der Waals surface area contributed by atoms with Crippen LogP contribution in [0.1, 0.15) is 11.3 Å². The summed E-state index contributed by atoms with van der Waals surface area (Å²) in [6.07, 6.45) is 0. The van der Waals surface area contributed by atoms with E-state index < -0.39 is 0 Å². The van der Waals surface area contributed by atoms with Gasteiger partial charge in [0, 0.05) is 16.1 Å². The molecule has 1 N–H and O–H groups in total. The van der Waals surface area contributed by atoms with E-state index in [9.17, 15) is 0 Å². The summed E-state index contributed by atoms with van der Waals surface area (Å²) in [4.78, 5) is 0. The molecule has 5 heteroatoms. The van der Waals surface area contributed by atoms with Crippen LogP contribution in [0.25, 0.3) is 11.3 Å². The van der Waals surface area contributed by atoms with Gasteiger partial charge in [0.05, 0.1) is 0 Å². The van der Waals surface area contributed by atoms with Crippen LogP contribution < -0.4 is 4.74 Å². The largest absolute Gasteiger partial charge is 0.488 e. The van der Waals surface area contributed by atoms with E-state index in [2.05, 4.69) is 21.1 Å². The minimum Gasteiger partial charge on any atom is -0.488 e. The number of hydrogen-bond acceptors (Lipinski definition) is 4. The van der Waals surface area contributed by atoms with Crippen molar-refractivity contribution >= 4 is 15.9 Å². The van der Waals surface area contributed by atoms with Gasteiger partial charge in [0.2, 0.25) is 0 Å². The number of nitrogens with zero attached hydrogens (tertiary/aromatic N) is 1. The molecule has 0 fully saturated rings. The maximum atomic E-state index is 9.07. The molecular formula is C17H14BrNO3. The molecule has 2 aromatic carbocycles. The van der Waals surface area contributed by atoms with Gasteiger partial charge < -0.3 is 14.4 Å². The molecule has 0 aliphatic carbocycles. The van der Waals surface area contributed by atoms with Gasteiger partial charge >= 0.3 is 0 Å². The number of para-hydroxylation sites is 1. The number of ether oxygens (including phenoxy) is 1. The average molecular weight is 360 g/mol. The SMILES string of the molecule is OCc1cc(-c2ccccc2OCc2ccc(Br)cc2)no1. The molecule has 3 aromatic rings. The Morgan fingerprint density at radius 2 is 1.86 bits per heavy atom. The van der Waals surface area contributed by atoms with Crippen molar-refractivity contribution in [3.63, 3.8) is 0 Å². The van der Waals surface area contributed by atoms with Crippen LogP contribution in [0.15, 0.2) is 63.6 Å². The van der Waals surface area contributed by atoms with E-state index in [4.69, 9.17) is 14.4 Å². The highest BCUT2D eigenvalue weighted by Gasteiger charge is 2.11. The summed E-state index contributed by atoms with van der Waals surface area (Å²) in [6.45, 7) is 0.296. The van der Waals surface area contributed by atoms with Crippen molar-refractivity contribution in [2.24, 2.45) is 0 Å². The van der Waals surface area contributed by atoms with E-state index in [0.717, 1.165) is 21.3 Å². The van der Waals surface area contributed by atoms with Crippen molar-refractivity contribution in [1.82, 2.24) is 5.16 Å². The van der Waals surface area contributed by atoms with Crippen molar-refractivity contribution in [2.75, 3.05) is 0 Å². The number of aromatic nitrogens is 1. The van der Waals surface area contributed by atoms with Crippen LogP contribution in [0.3, 0.4) is 0 Å². The summed E-state index contributed by atoms with van der Waals surface area (Å²) >= 11 is 3.41. The van der Waals surface area contributed by atoms with Crippen LogP contribution in [0, 0.1) is 0 Å². The molecule has 4 nitrogen and oxygen atoms in total. The molecule has 0 amide bonds. The van der Waals surface area contributed by atoms with Crippen LogP contribution in [0.2, 0.25) is 0 Å². The fourth-order valence-corrected chi connectivity index (χ4v) is 2.32. The molecule has 1 heterocycles. The second-order valence-corrected chi connectivity index (χ2v) is 5.66. The summed E-state index contributed by atoms with van der Waals surface area (Å²) in [5.41, 5.74) is 2.56. The number of hydrogen-bond donors (Lipinski definition) is 1. The van der Waals surface area contributed by atoms with E-state index in [1.54, 1.807) is 6.07 Å². The average Bonchev–Trinajstić information content (AvgIpc) is 3.03. The second kappa shape index (κ2) is 6.77. The number of halogens is 1. The van der Waals surface area contributed by atoms with Gasteiger partial charge in [-0.3, -0.25) is 0 Å². The molecule has 1 aromatic heterocycles. The minimum atomic E-state index is -0.172. The first-order valence-corrected chi connectivity index (χ1v) is 7.58. The normalized spacial score (nSPS) is 10.6. The molecule has 0 saturated heterocycles. The van der Waals surface area contributed by atoms with Crippen LogP contribution in [0.4, 0.5) is 0 Å². The summed E-state index contributed by atoms with van der Waals surface area (Å²) in [6, 6.07) is 17.3. The van der Waals surface area contributed by atoms with E-state index >= 15 is 0 Å². The Morgan fingerprint density at radius 1 is 1.09 bits per heavy atom. The third-order valence-electron chi connectivity index (χ3n) is 3.19. The van der Waals surface area contributed by atoms with Crippen LogP contribution in [-0.4, -0.2) is 10.3 Å². The standard InChI is InChI=1S/C17H14BrNO3/c18-13-7-5-12(6-8-13)11-21-17-4-2-1-3-15(17)16-9-14(10-20)22-19-16/h1-9,20H,10-11H2. The van der Waals surface area contributed by atoms with Gasteiger partial charge in [0.15, 0.2) is 5.76 Å². The number of aliphatic hydroxyl groups is 1. The Morgan fingerprint density at radius 3 is 2.59 bits per heavy atom. The van der Waals surface area contributed by atoms with Crippen molar-refractivity contribution in [3.05, 3.63) is 70.4 Å². The predicted octanol–water partition coefficient (Wildman–Crippen LogP) is 4.18. The fourth-order valence-electron chi connectivity index (χ4n) is 2.06. The molecule has 0 unspecified atom stereocenters. The van der Waals surface area contributed by atoms with E-state index in [1.165, 1.54) is 0 Å². The van der Waals surface area contributed by atoms with E-state index in [-0.39, 0.29) is 6.61 Å². The first kappa shape index (κ1) is 14.8. The van der Waals surface area contributed by atoms with Crippen molar-refractivity contribution in [3.8, 4) is 17.0 Å². The molecule has 0 radical (unpaired) electrons. The molecule has 0 aliphatic heterocycles. The highest BCUT2D eigenvalue weighted by Crippen LogP contribution is 2.30. The lowest BCUT2D eigenvalue weighted by Crippen LogP contribution is -1.96. The minimum absolute atomic E-state index is 0.172. The van der Waals surface area contributed by atoms with Crippen LogP contribution in [0.5, 0.6) is 5.75 Å². The van der Waals surface area contributed by atoms with Gasteiger partial charge in [-0.2, -0.15) is 0 Å². The van der Waals surface area contributed by atoms with Crippen molar-refractivity contribution < 1.29 is 14.4 Å². The Labute approximate surface area is 136 Å². The molecular weight excluding hydrogens is 346 g/mol. The first-order chi connectivity index (χ1) is 10.8. The topological polar surface area (TPSA) is 55.5 Å². The van der Waals surface area contributed by atoms with Gasteiger partial charge in [-0.25, -0.2) is 0 Å². The Bertz CT molecular complexity index is 753. The van der Waals surface area contributed by atoms with E-state index in [1.807, 2.05) is 48.5 Å². The van der Waals surface area contributed by atoms with Crippen molar-refractivity contribution in [1.29, 1.82) is 0 Å². The molecule has 22 heavy (non-hydrogen) atoms. The van der Waals surface area contributed by atoms with Crippen molar-refractivity contribution in [2.45, 2.75) is 13.2 Å². The maximum Gasteiger partial charge on any atom is 0.162 e. The lowest BCUT2D eigenvalue weighted by Gasteiger charge is -2.10. The number of benzene rings is 2. The molecule has 0 spiro atoms. The molecule has 0 bridgehead atoms. The lowest BCUT2D eigenvalue weighted by atomic mass is 10.1. The summed E-state index contributed by atoms with van der Waals surface area (Å²) < 4.78 is 12.0. The Kier molecular flexibility index (Phi) is 4.56.